The summed E-state index contributed by atoms with van der Waals surface area (Å²) in [5.41, 5.74) is 0.837. The molecule has 3 aromatic rings. The third-order valence-corrected chi connectivity index (χ3v) is 6.13. The summed E-state index contributed by atoms with van der Waals surface area (Å²) in [7, 11) is 0. The fourth-order valence-corrected chi connectivity index (χ4v) is 4.41. The molecule has 4 rings (SSSR count). The average Bonchev–Trinajstić information content (AvgIpc) is 3.34. The zero-order valence-electron chi connectivity index (χ0n) is 17.4. The summed E-state index contributed by atoms with van der Waals surface area (Å²) in [6.45, 7) is 2.30. The van der Waals surface area contributed by atoms with Crippen LogP contribution in [-0.4, -0.2) is 38.7 Å². The first kappa shape index (κ1) is 22.8. The highest BCUT2D eigenvalue weighted by atomic mass is 35.5. The van der Waals surface area contributed by atoms with Crippen molar-refractivity contribution in [3.63, 3.8) is 0 Å². The van der Waals surface area contributed by atoms with E-state index in [0.717, 1.165) is 6.42 Å². The second-order valence-corrected chi connectivity index (χ2v) is 8.54. The lowest BCUT2D eigenvalue weighted by molar-refractivity contribution is 0.0696. The third-order valence-electron chi connectivity index (χ3n) is 4.81. The number of halogens is 1. The number of carbonyl (C=O) groups is 2. The largest absolute Gasteiger partial charge is 0.512 e. The summed E-state index contributed by atoms with van der Waals surface area (Å²) in [6.07, 6.45) is -0.119. The number of carboxylic acid groups (broad SMARTS) is 2. The van der Waals surface area contributed by atoms with E-state index < -0.39 is 12.1 Å². The monoisotopic (exact) mass is 490 g/mol. The van der Waals surface area contributed by atoms with Crippen LogP contribution in [0.3, 0.4) is 0 Å². The van der Waals surface area contributed by atoms with E-state index >= 15 is 0 Å². The van der Waals surface area contributed by atoms with E-state index in [9.17, 15) is 14.7 Å². The summed E-state index contributed by atoms with van der Waals surface area (Å²) in [5.74, 6) is 0.766. The Balaban J connectivity index is 1.73. The molecule has 0 amide bonds. The van der Waals surface area contributed by atoms with Crippen molar-refractivity contribution in [3.8, 4) is 17.4 Å². The van der Waals surface area contributed by atoms with Crippen LogP contribution in [0.1, 0.15) is 35.1 Å². The zero-order chi connectivity index (χ0) is 23.5. The third kappa shape index (κ3) is 5.01. The molecule has 2 N–H and O–H groups in total. The lowest BCUT2D eigenvalue weighted by Crippen LogP contribution is -2.12. The minimum Gasteiger partial charge on any atom is -0.478 e. The molecule has 0 radical (unpaired) electrons. The van der Waals surface area contributed by atoms with Crippen LogP contribution in [0.2, 0.25) is 5.02 Å². The number of aryl methyl sites for hydroxylation is 1. The van der Waals surface area contributed by atoms with Gasteiger partial charge >= 0.3 is 12.1 Å². The van der Waals surface area contributed by atoms with Crippen LogP contribution in [0.15, 0.2) is 46.3 Å². The summed E-state index contributed by atoms with van der Waals surface area (Å²) >= 11 is 7.62. The van der Waals surface area contributed by atoms with Gasteiger partial charge in [0.2, 0.25) is 12.7 Å². The Morgan fingerprint density at radius 3 is 2.52 bits per heavy atom. The standard InChI is InChI=1S/C22H19ClN2O7S/c1-2-3-18-24-19(33-14-6-4-12(5-7-14)21(26)27)20(32-22(28)29)25(18)10-13-8-16-17(9-15(13)23)31-11-30-16/h4-9H,2-3,10-11H2,1H3,(H,26,27)(H,28,29). The van der Waals surface area contributed by atoms with E-state index in [0.29, 0.717) is 44.3 Å². The number of ether oxygens (including phenoxy) is 3. The number of carboxylic acids is 1. The van der Waals surface area contributed by atoms with Crippen molar-refractivity contribution in [2.24, 2.45) is 0 Å². The van der Waals surface area contributed by atoms with E-state index in [1.165, 1.54) is 23.9 Å². The molecule has 1 aliphatic rings. The molecule has 1 aliphatic heterocycles. The Morgan fingerprint density at radius 1 is 1.18 bits per heavy atom. The molecular weight excluding hydrogens is 472 g/mol. The molecule has 0 atom stereocenters. The smallest absolute Gasteiger partial charge is 0.478 e. The van der Waals surface area contributed by atoms with Crippen molar-refractivity contribution in [1.82, 2.24) is 9.55 Å². The number of imidazole rings is 1. The van der Waals surface area contributed by atoms with Gasteiger partial charge in [0, 0.05) is 22.4 Å². The number of hydrogen-bond donors (Lipinski definition) is 2. The molecule has 9 nitrogen and oxygen atoms in total. The molecule has 1 aromatic heterocycles. The van der Waals surface area contributed by atoms with Crippen molar-refractivity contribution in [2.75, 3.05) is 6.79 Å². The number of rotatable bonds is 8. The summed E-state index contributed by atoms with van der Waals surface area (Å²) in [4.78, 5) is 27.9. The minimum absolute atomic E-state index is 0.0620. The number of aromatic carboxylic acids is 1. The Bertz CT molecular complexity index is 1210. The number of fused-ring (bicyclic) bond motifs is 1. The van der Waals surface area contributed by atoms with Gasteiger partial charge < -0.3 is 24.4 Å². The fourth-order valence-electron chi connectivity index (χ4n) is 3.31. The van der Waals surface area contributed by atoms with Crippen LogP contribution in [-0.2, 0) is 13.0 Å². The van der Waals surface area contributed by atoms with Gasteiger partial charge in [0.05, 0.1) is 12.1 Å². The van der Waals surface area contributed by atoms with Crippen LogP contribution in [0.5, 0.6) is 17.4 Å². The molecule has 0 saturated heterocycles. The molecule has 2 aromatic carbocycles. The highest BCUT2D eigenvalue weighted by Gasteiger charge is 2.24. The Labute approximate surface area is 197 Å². The zero-order valence-corrected chi connectivity index (χ0v) is 19.0. The predicted octanol–water partition coefficient (Wildman–Crippen LogP) is 5.17. The number of hydrogen-bond acceptors (Lipinski definition) is 7. The molecular formula is C22H19ClN2O7S. The molecule has 0 unspecified atom stereocenters. The van der Waals surface area contributed by atoms with Gasteiger partial charge in [-0.2, -0.15) is 0 Å². The molecule has 0 spiro atoms. The number of benzene rings is 2. The van der Waals surface area contributed by atoms with Gasteiger partial charge in [-0.25, -0.2) is 14.6 Å². The first-order valence-corrected chi connectivity index (χ1v) is 11.1. The van der Waals surface area contributed by atoms with E-state index in [4.69, 9.17) is 30.9 Å². The lowest BCUT2D eigenvalue weighted by Gasteiger charge is -2.13. The predicted molar refractivity (Wildman–Crippen MR) is 119 cm³/mol. The van der Waals surface area contributed by atoms with Gasteiger partial charge in [0.15, 0.2) is 16.5 Å². The Kier molecular flexibility index (Phi) is 6.66. The van der Waals surface area contributed by atoms with Gasteiger partial charge in [0.25, 0.3) is 0 Å². The minimum atomic E-state index is -1.47. The summed E-state index contributed by atoms with van der Waals surface area (Å²) < 4.78 is 17.6. The molecule has 0 aliphatic carbocycles. The lowest BCUT2D eigenvalue weighted by atomic mass is 10.2. The van der Waals surface area contributed by atoms with Crippen molar-refractivity contribution in [3.05, 3.63) is 58.4 Å². The van der Waals surface area contributed by atoms with Crippen LogP contribution in [0.25, 0.3) is 0 Å². The quantitative estimate of drug-likeness (QED) is 0.412. The molecule has 33 heavy (non-hydrogen) atoms. The molecule has 172 valence electrons. The van der Waals surface area contributed by atoms with E-state index in [1.54, 1.807) is 28.8 Å². The topological polar surface area (TPSA) is 120 Å². The first-order chi connectivity index (χ1) is 15.9. The first-order valence-electron chi connectivity index (χ1n) is 9.95. The number of nitrogens with zero attached hydrogens (tertiary/aromatic N) is 2. The summed E-state index contributed by atoms with van der Waals surface area (Å²) in [5, 5.41) is 19.2. The van der Waals surface area contributed by atoms with Gasteiger partial charge in [-0.05, 0) is 42.3 Å². The Hall–Kier alpha value is -3.37. The van der Waals surface area contributed by atoms with Gasteiger partial charge in [-0.1, -0.05) is 30.3 Å². The highest BCUT2D eigenvalue weighted by molar-refractivity contribution is 7.99. The van der Waals surface area contributed by atoms with Crippen molar-refractivity contribution in [1.29, 1.82) is 0 Å². The van der Waals surface area contributed by atoms with Gasteiger partial charge in [-0.15, -0.1) is 0 Å². The van der Waals surface area contributed by atoms with Crippen molar-refractivity contribution < 1.29 is 34.0 Å². The van der Waals surface area contributed by atoms with Crippen molar-refractivity contribution >= 4 is 35.5 Å². The normalized spacial score (nSPS) is 12.1. The second kappa shape index (κ2) is 9.63. The maximum Gasteiger partial charge on any atom is 0.512 e. The molecule has 11 heteroatoms. The molecule has 2 heterocycles. The highest BCUT2D eigenvalue weighted by Crippen LogP contribution is 2.40. The van der Waals surface area contributed by atoms with Gasteiger partial charge in [0.1, 0.15) is 5.82 Å². The number of aromatic nitrogens is 2. The second-order valence-electron chi connectivity index (χ2n) is 7.07. The SMILES string of the molecule is CCCc1nc(Sc2ccc(C(=O)O)cc2)c(OC(=O)O)n1Cc1cc2c(cc1Cl)OCO2. The molecule has 0 fully saturated rings. The fraction of sp³-hybridized carbons (Fsp3) is 0.227. The maximum atomic E-state index is 11.5. The Morgan fingerprint density at radius 2 is 1.88 bits per heavy atom. The average molecular weight is 491 g/mol. The van der Waals surface area contributed by atoms with Crippen LogP contribution in [0, 0.1) is 0 Å². The van der Waals surface area contributed by atoms with E-state index in [1.807, 2.05) is 6.92 Å². The molecule has 0 saturated carbocycles. The van der Waals surface area contributed by atoms with Crippen LogP contribution in [0.4, 0.5) is 4.79 Å². The van der Waals surface area contributed by atoms with Crippen LogP contribution < -0.4 is 14.2 Å². The van der Waals surface area contributed by atoms with E-state index in [2.05, 4.69) is 4.98 Å². The van der Waals surface area contributed by atoms with Gasteiger partial charge in [-0.3, -0.25) is 4.57 Å². The van der Waals surface area contributed by atoms with Crippen molar-refractivity contribution in [2.45, 2.75) is 36.2 Å². The van der Waals surface area contributed by atoms with Crippen LogP contribution >= 0.6 is 23.4 Å². The maximum absolute atomic E-state index is 11.5. The molecule has 0 bridgehead atoms. The summed E-state index contributed by atoms with van der Waals surface area (Å²) in [6, 6.07) is 9.62. The van der Waals surface area contributed by atoms with E-state index in [-0.39, 0.29) is 24.8 Å².